The molecule has 20 heavy (non-hydrogen) atoms. The first-order valence-electron chi connectivity index (χ1n) is 8.40. The molecule has 0 radical (unpaired) electrons. The molecule has 0 amide bonds. The van der Waals surface area contributed by atoms with E-state index in [-0.39, 0.29) is 11.1 Å². The summed E-state index contributed by atoms with van der Waals surface area (Å²) in [7, 11) is 0. The third kappa shape index (κ3) is 3.37. The molecular formula is C17H34N2O. The lowest BCUT2D eigenvalue weighted by Gasteiger charge is -2.52. The molecule has 2 fully saturated rings. The summed E-state index contributed by atoms with van der Waals surface area (Å²) in [6.07, 6.45) is 5.21. The zero-order valence-electron chi connectivity index (χ0n) is 14.4. The van der Waals surface area contributed by atoms with Crippen molar-refractivity contribution in [3.63, 3.8) is 0 Å². The van der Waals surface area contributed by atoms with Gasteiger partial charge in [0.2, 0.25) is 0 Å². The van der Waals surface area contributed by atoms with Crippen molar-refractivity contribution in [3.05, 3.63) is 0 Å². The first-order valence-corrected chi connectivity index (χ1v) is 8.40. The van der Waals surface area contributed by atoms with Gasteiger partial charge in [0.25, 0.3) is 0 Å². The van der Waals surface area contributed by atoms with Crippen LogP contribution in [0.1, 0.15) is 67.2 Å². The molecule has 2 heterocycles. The minimum absolute atomic E-state index is 0.0788. The fourth-order valence-electron chi connectivity index (χ4n) is 3.64. The van der Waals surface area contributed by atoms with Gasteiger partial charge in [-0.05, 0) is 53.4 Å². The van der Waals surface area contributed by atoms with Crippen molar-refractivity contribution in [3.8, 4) is 0 Å². The lowest BCUT2D eigenvalue weighted by Crippen LogP contribution is -2.68. The summed E-state index contributed by atoms with van der Waals surface area (Å²) in [5.41, 5.74) is 0.600. The van der Waals surface area contributed by atoms with Crippen molar-refractivity contribution < 1.29 is 4.74 Å². The predicted octanol–water partition coefficient (Wildman–Crippen LogP) is 3.19. The van der Waals surface area contributed by atoms with Crippen LogP contribution in [0.2, 0.25) is 0 Å². The standard InChI is InChI=1S/C17H34N2O/c1-7-17(8-2)13-19(15(3,4)12-18-17)11-14-9-10-16(5,6)20-14/h14,18H,7-13H2,1-6H3. The molecule has 2 saturated heterocycles. The van der Waals surface area contributed by atoms with Crippen LogP contribution in [0.4, 0.5) is 0 Å². The van der Waals surface area contributed by atoms with Crippen molar-refractivity contribution in [2.75, 3.05) is 19.6 Å². The summed E-state index contributed by atoms with van der Waals surface area (Å²) < 4.78 is 6.22. The van der Waals surface area contributed by atoms with Crippen molar-refractivity contribution >= 4 is 0 Å². The molecule has 0 aromatic rings. The van der Waals surface area contributed by atoms with Crippen LogP contribution in [-0.2, 0) is 4.74 Å². The fraction of sp³-hybridized carbons (Fsp3) is 1.00. The first kappa shape index (κ1) is 16.3. The summed E-state index contributed by atoms with van der Waals surface area (Å²) in [6, 6.07) is 0. The lowest BCUT2D eigenvalue weighted by atomic mass is 9.84. The van der Waals surface area contributed by atoms with E-state index in [9.17, 15) is 0 Å². The van der Waals surface area contributed by atoms with Gasteiger partial charge in [-0.3, -0.25) is 4.90 Å². The monoisotopic (exact) mass is 282 g/mol. The van der Waals surface area contributed by atoms with E-state index in [0.29, 0.717) is 11.6 Å². The molecule has 0 aromatic carbocycles. The molecule has 3 heteroatoms. The van der Waals surface area contributed by atoms with Crippen LogP contribution in [0.15, 0.2) is 0 Å². The Morgan fingerprint density at radius 1 is 1.15 bits per heavy atom. The Balaban J connectivity index is 2.03. The smallest absolute Gasteiger partial charge is 0.0710 e. The van der Waals surface area contributed by atoms with Gasteiger partial charge in [0.05, 0.1) is 11.7 Å². The van der Waals surface area contributed by atoms with Crippen LogP contribution >= 0.6 is 0 Å². The van der Waals surface area contributed by atoms with Crippen molar-refractivity contribution in [1.82, 2.24) is 10.2 Å². The first-order chi connectivity index (χ1) is 9.22. The Hall–Kier alpha value is -0.120. The van der Waals surface area contributed by atoms with E-state index in [1.807, 2.05) is 0 Å². The van der Waals surface area contributed by atoms with Gasteiger partial charge in [-0.25, -0.2) is 0 Å². The average Bonchev–Trinajstić information content (AvgIpc) is 2.72. The van der Waals surface area contributed by atoms with Crippen molar-refractivity contribution in [1.29, 1.82) is 0 Å². The molecule has 0 aromatic heterocycles. The molecule has 1 atom stereocenters. The highest BCUT2D eigenvalue weighted by Gasteiger charge is 2.43. The van der Waals surface area contributed by atoms with Gasteiger partial charge in [-0.1, -0.05) is 13.8 Å². The number of rotatable bonds is 4. The molecule has 2 aliphatic heterocycles. The van der Waals surface area contributed by atoms with Gasteiger partial charge in [0.1, 0.15) is 0 Å². The highest BCUT2D eigenvalue weighted by molar-refractivity contribution is 5.01. The number of ether oxygens (including phenoxy) is 1. The third-order valence-corrected chi connectivity index (χ3v) is 5.58. The molecule has 2 aliphatic rings. The second-order valence-electron chi connectivity index (χ2n) is 8.07. The molecule has 0 spiro atoms. The van der Waals surface area contributed by atoms with Gasteiger partial charge in [0.15, 0.2) is 0 Å². The summed E-state index contributed by atoms with van der Waals surface area (Å²) >= 11 is 0. The molecule has 0 bridgehead atoms. The molecule has 3 nitrogen and oxygen atoms in total. The number of hydrogen-bond acceptors (Lipinski definition) is 3. The Bertz CT molecular complexity index is 334. The molecule has 0 aliphatic carbocycles. The Morgan fingerprint density at radius 2 is 1.80 bits per heavy atom. The number of nitrogens with zero attached hydrogens (tertiary/aromatic N) is 1. The minimum Gasteiger partial charge on any atom is -0.371 e. The zero-order valence-corrected chi connectivity index (χ0v) is 14.4. The quantitative estimate of drug-likeness (QED) is 0.857. The topological polar surface area (TPSA) is 24.5 Å². The second-order valence-corrected chi connectivity index (χ2v) is 8.07. The van der Waals surface area contributed by atoms with Gasteiger partial charge in [-0.2, -0.15) is 0 Å². The van der Waals surface area contributed by atoms with Crippen molar-refractivity contribution in [2.24, 2.45) is 0 Å². The van der Waals surface area contributed by atoms with Gasteiger partial charge < -0.3 is 10.1 Å². The van der Waals surface area contributed by atoms with E-state index in [4.69, 9.17) is 4.74 Å². The summed E-state index contributed by atoms with van der Waals surface area (Å²) in [5.74, 6) is 0. The Labute approximate surface area is 125 Å². The zero-order chi connectivity index (χ0) is 15.0. The largest absolute Gasteiger partial charge is 0.371 e. The Morgan fingerprint density at radius 3 is 2.30 bits per heavy atom. The van der Waals surface area contributed by atoms with E-state index in [0.717, 1.165) is 19.6 Å². The third-order valence-electron chi connectivity index (χ3n) is 5.58. The number of nitrogens with one attached hydrogen (secondary N) is 1. The highest BCUT2D eigenvalue weighted by Crippen LogP contribution is 2.33. The van der Waals surface area contributed by atoms with Crippen LogP contribution < -0.4 is 5.32 Å². The van der Waals surface area contributed by atoms with Crippen LogP contribution in [0.5, 0.6) is 0 Å². The fourth-order valence-corrected chi connectivity index (χ4v) is 3.64. The van der Waals surface area contributed by atoms with Gasteiger partial charge in [-0.15, -0.1) is 0 Å². The molecular weight excluding hydrogens is 248 g/mol. The van der Waals surface area contributed by atoms with Crippen LogP contribution in [0.25, 0.3) is 0 Å². The molecule has 1 N–H and O–H groups in total. The van der Waals surface area contributed by atoms with E-state index in [2.05, 4.69) is 51.8 Å². The van der Waals surface area contributed by atoms with Crippen LogP contribution in [0, 0.1) is 0 Å². The van der Waals surface area contributed by atoms with Crippen LogP contribution in [0.3, 0.4) is 0 Å². The van der Waals surface area contributed by atoms with E-state index >= 15 is 0 Å². The van der Waals surface area contributed by atoms with Crippen molar-refractivity contribution in [2.45, 2.75) is 90.0 Å². The van der Waals surface area contributed by atoms with Crippen LogP contribution in [-0.4, -0.2) is 47.3 Å². The normalized spacial score (nSPS) is 32.4. The maximum Gasteiger partial charge on any atom is 0.0710 e. The maximum absolute atomic E-state index is 6.22. The van der Waals surface area contributed by atoms with Gasteiger partial charge in [0, 0.05) is 30.7 Å². The molecule has 2 rings (SSSR count). The minimum atomic E-state index is 0.0788. The SMILES string of the molecule is CCC1(CC)CN(CC2CCC(C)(C)O2)C(C)(C)CN1. The molecule has 118 valence electrons. The van der Waals surface area contributed by atoms with E-state index < -0.39 is 0 Å². The van der Waals surface area contributed by atoms with Gasteiger partial charge >= 0.3 is 0 Å². The van der Waals surface area contributed by atoms with E-state index in [1.165, 1.54) is 25.7 Å². The second kappa shape index (κ2) is 5.58. The van der Waals surface area contributed by atoms with E-state index in [1.54, 1.807) is 0 Å². The summed E-state index contributed by atoms with van der Waals surface area (Å²) in [5, 5.41) is 3.81. The summed E-state index contributed by atoms with van der Waals surface area (Å²) in [4.78, 5) is 2.67. The maximum atomic E-state index is 6.22. The summed E-state index contributed by atoms with van der Waals surface area (Å²) in [6.45, 7) is 17.1. The highest BCUT2D eigenvalue weighted by atomic mass is 16.5. The molecule has 1 unspecified atom stereocenters. The lowest BCUT2D eigenvalue weighted by molar-refractivity contribution is -0.0587. The Kier molecular flexibility index (Phi) is 4.54. The number of hydrogen-bond donors (Lipinski definition) is 1. The molecule has 0 saturated carbocycles. The number of piperazine rings is 1. The predicted molar refractivity (Wildman–Crippen MR) is 85.2 cm³/mol. The average molecular weight is 282 g/mol.